The normalized spacial score (nSPS) is 19.9. The molecule has 2 amide bonds. The fraction of sp³-hybridized carbons (Fsp3) is 0.429. The second kappa shape index (κ2) is 17.1. The molecule has 3 aromatic rings. The number of unbranched alkanes of at least 4 members (excludes halogenated alkanes) is 2. The SMILES string of the molecule is O=C(CCCCCC(=O)Nc1ccc(C2OC(CN3CCN(c4ccc([N+](=O)[O-])cc4)CC3)CC(c3ccc(CO)cc3)O2)cc1)NO. The van der Waals surface area contributed by atoms with Gasteiger partial charge in [0.15, 0.2) is 6.29 Å². The van der Waals surface area contributed by atoms with Gasteiger partial charge in [0.25, 0.3) is 5.69 Å². The Bertz CT molecular complexity index is 1490. The van der Waals surface area contributed by atoms with E-state index in [1.54, 1.807) is 29.7 Å². The first-order chi connectivity index (χ1) is 23.3. The van der Waals surface area contributed by atoms with Gasteiger partial charge in [-0.15, -0.1) is 0 Å². The predicted octanol–water partition coefficient (Wildman–Crippen LogP) is 4.85. The van der Waals surface area contributed by atoms with Crippen molar-refractivity contribution in [3.8, 4) is 0 Å². The molecule has 256 valence electrons. The molecule has 2 saturated heterocycles. The molecule has 0 spiro atoms. The summed E-state index contributed by atoms with van der Waals surface area (Å²) in [4.78, 5) is 38.8. The second-order valence-corrected chi connectivity index (χ2v) is 12.2. The molecule has 48 heavy (non-hydrogen) atoms. The number of benzene rings is 3. The number of non-ortho nitro benzene ring substituents is 1. The summed E-state index contributed by atoms with van der Waals surface area (Å²) in [5, 5.41) is 32.0. The highest BCUT2D eigenvalue weighted by molar-refractivity contribution is 5.90. The predicted molar refractivity (Wildman–Crippen MR) is 178 cm³/mol. The monoisotopic (exact) mass is 661 g/mol. The molecule has 13 nitrogen and oxygen atoms in total. The Morgan fingerprint density at radius 3 is 2.10 bits per heavy atom. The Labute approximate surface area is 279 Å². The largest absolute Gasteiger partial charge is 0.392 e. The van der Waals surface area contributed by atoms with Crippen molar-refractivity contribution in [2.75, 3.05) is 42.9 Å². The van der Waals surface area contributed by atoms with Crippen molar-refractivity contribution < 1.29 is 34.3 Å². The Morgan fingerprint density at radius 1 is 0.833 bits per heavy atom. The number of rotatable bonds is 14. The number of piperazine rings is 1. The maximum absolute atomic E-state index is 12.4. The number of amides is 2. The van der Waals surface area contributed by atoms with Crippen LogP contribution in [0.15, 0.2) is 72.8 Å². The van der Waals surface area contributed by atoms with Gasteiger partial charge in [0, 0.05) is 81.1 Å². The molecule has 0 bridgehead atoms. The van der Waals surface area contributed by atoms with Gasteiger partial charge in [-0.2, -0.15) is 0 Å². The average Bonchev–Trinajstić information content (AvgIpc) is 3.12. The lowest BCUT2D eigenvalue weighted by atomic mass is 9.99. The van der Waals surface area contributed by atoms with Crippen molar-refractivity contribution in [3.05, 3.63) is 99.6 Å². The molecule has 2 heterocycles. The van der Waals surface area contributed by atoms with Gasteiger partial charge in [-0.05, 0) is 48.2 Å². The smallest absolute Gasteiger partial charge is 0.269 e. The topological polar surface area (TPSA) is 167 Å². The third-order valence-corrected chi connectivity index (χ3v) is 8.77. The van der Waals surface area contributed by atoms with Crippen molar-refractivity contribution in [1.29, 1.82) is 0 Å². The minimum Gasteiger partial charge on any atom is -0.392 e. The first kappa shape index (κ1) is 34.9. The van der Waals surface area contributed by atoms with Crippen molar-refractivity contribution in [2.24, 2.45) is 0 Å². The lowest BCUT2D eigenvalue weighted by Gasteiger charge is -2.41. The molecule has 5 rings (SSSR count). The Balaban J connectivity index is 1.18. The van der Waals surface area contributed by atoms with Crippen LogP contribution in [-0.4, -0.2) is 70.8 Å². The highest BCUT2D eigenvalue weighted by atomic mass is 16.7. The van der Waals surface area contributed by atoms with Crippen LogP contribution >= 0.6 is 0 Å². The molecule has 0 aromatic heterocycles. The van der Waals surface area contributed by atoms with Crippen LogP contribution in [0.3, 0.4) is 0 Å². The van der Waals surface area contributed by atoms with Crippen LogP contribution in [0.25, 0.3) is 0 Å². The molecule has 0 aliphatic carbocycles. The molecular formula is C35H43N5O8. The Hall–Kier alpha value is -4.40. The summed E-state index contributed by atoms with van der Waals surface area (Å²) in [7, 11) is 0. The summed E-state index contributed by atoms with van der Waals surface area (Å²) in [6, 6.07) is 21.9. The van der Waals surface area contributed by atoms with Crippen molar-refractivity contribution >= 4 is 28.9 Å². The van der Waals surface area contributed by atoms with E-state index >= 15 is 0 Å². The van der Waals surface area contributed by atoms with Crippen LogP contribution in [0.2, 0.25) is 0 Å². The van der Waals surface area contributed by atoms with Gasteiger partial charge in [-0.3, -0.25) is 29.8 Å². The van der Waals surface area contributed by atoms with E-state index in [4.69, 9.17) is 14.7 Å². The number of anilines is 2. The number of carbonyl (C=O) groups is 2. The van der Waals surface area contributed by atoms with Gasteiger partial charge in [-0.25, -0.2) is 5.48 Å². The second-order valence-electron chi connectivity index (χ2n) is 12.2. The molecule has 3 atom stereocenters. The van der Waals surface area contributed by atoms with E-state index in [2.05, 4.69) is 15.1 Å². The quantitative estimate of drug-likeness (QED) is 0.0812. The van der Waals surface area contributed by atoms with Crippen LogP contribution in [0, 0.1) is 10.1 Å². The summed E-state index contributed by atoms with van der Waals surface area (Å²) >= 11 is 0. The van der Waals surface area contributed by atoms with Crippen LogP contribution in [0.4, 0.5) is 17.1 Å². The summed E-state index contributed by atoms with van der Waals surface area (Å²) in [6.45, 7) is 3.93. The fourth-order valence-electron chi connectivity index (χ4n) is 6.05. The summed E-state index contributed by atoms with van der Waals surface area (Å²) < 4.78 is 13.0. The number of ether oxygens (including phenoxy) is 2. The molecule has 2 aliphatic rings. The number of nitrogens with one attached hydrogen (secondary N) is 2. The van der Waals surface area contributed by atoms with E-state index < -0.39 is 12.2 Å². The number of aliphatic hydroxyl groups is 1. The van der Waals surface area contributed by atoms with Crippen molar-refractivity contribution in [3.63, 3.8) is 0 Å². The Kier molecular flexibility index (Phi) is 12.5. The minimum absolute atomic E-state index is 0.0295. The van der Waals surface area contributed by atoms with Gasteiger partial charge in [0.2, 0.25) is 11.8 Å². The third kappa shape index (κ3) is 9.81. The number of carbonyl (C=O) groups excluding carboxylic acids is 2. The first-order valence-corrected chi connectivity index (χ1v) is 16.4. The van der Waals surface area contributed by atoms with E-state index in [1.807, 2.05) is 48.5 Å². The fourth-order valence-corrected chi connectivity index (χ4v) is 6.05. The van der Waals surface area contributed by atoms with Crippen molar-refractivity contribution in [2.45, 2.75) is 63.6 Å². The molecule has 0 radical (unpaired) electrons. The van der Waals surface area contributed by atoms with E-state index in [1.165, 1.54) is 0 Å². The van der Waals surface area contributed by atoms with Crippen molar-refractivity contribution in [1.82, 2.24) is 10.4 Å². The van der Waals surface area contributed by atoms with Gasteiger partial charge < -0.3 is 24.8 Å². The minimum atomic E-state index is -0.617. The summed E-state index contributed by atoms with van der Waals surface area (Å²) in [5.41, 5.74) is 6.00. The number of nitro groups is 1. The molecular weight excluding hydrogens is 618 g/mol. The highest BCUT2D eigenvalue weighted by Gasteiger charge is 2.34. The molecule has 13 heteroatoms. The van der Waals surface area contributed by atoms with Crippen LogP contribution < -0.4 is 15.7 Å². The van der Waals surface area contributed by atoms with E-state index in [0.29, 0.717) is 37.8 Å². The lowest BCUT2D eigenvalue weighted by Crippen LogP contribution is -2.49. The molecule has 0 saturated carbocycles. The standard InChI is InChI=1S/C35H43N5O8/c41-24-25-6-8-26(9-7-25)32-22-31(23-38-18-20-39(21-19-38)29-14-16-30(17-15-29)40(45)46)47-35(48-32)27-10-12-28(13-11-27)36-33(42)4-2-1-3-5-34(43)37-44/h6-17,31-32,35,41,44H,1-5,18-24H2,(H,36,42)(H,37,43). The third-order valence-electron chi connectivity index (χ3n) is 8.77. The number of aliphatic hydroxyl groups excluding tert-OH is 1. The molecule has 3 unspecified atom stereocenters. The van der Waals surface area contributed by atoms with Gasteiger partial charge in [0.1, 0.15) is 0 Å². The van der Waals surface area contributed by atoms with Gasteiger partial charge >= 0.3 is 0 Å². The van der Waals surface area contributed by atoms with Crippen LogP contribution in [-0.2, 0) is 25.7 Å². The Morgan fingerprint density at radius 2 is 1.48 bits per heavy atom. The van der Waals surface area contributed by atoms with Crippen LogP contribution in [0.5, 0.6) is 0 Å². The molecule has 2 aliphatic heterocycles. The van der Waals surface area contributed by atoms with Gasteiger partial charge in [-0.1, -0.05) is 42.8 Å². The summed E-state index contributed by atoms with van der Waals surface area (Å²) in [6.07, 6.45) is 2.22. The van der Waals surface area contributed by atoms with E-state index in [0.717, 1.165) is 55.1 Å². The zero-order valence-corrected chi connectivity index (χ0v) is 26.8. The van der Waals surface area contributed by atoms with Gasteiger partial charge in [0.05, 0.1) is 23.7 Å². The number of hydrogen-bond donors (Lipinski definition) is 4. The zero-order chi connectivity index (χ0) is 33.9. The molecule has 3 aromatic carbocycles. The zero-order valence-electron chi connectivity index (χ0n) is 26.8. The number of nitro benzene ring substituents is 1. The van der Waals surface area contributed by atoms with E-state index in [-0.39, 0.29) is 41.8 Å². The highest BCUT2D eigenvalue weighted by Crippen LogP contribution is 2.38. The molecule has 2 fully saturated rings. The number of hydroxylamine groups is 1. The lowest BCUT2D eigenvalue weighted by molar-refractivity contribution is -0.384. The molecule has 4 N–H and O–H groups in total. The average molecular weight is 662 g/mol. The van der Waals surface area contributed by atoms with E-state index in [9.17, 15) is 24.8 Å². The maximum Gasteiger partial charge on any atom is 0.269 e. The number of hydrogen-bond acceptors (Lipinski definition) is 10. The summed E-state index contributed by atoms with van der Waals surface area (Å²) in [5.74, 6) is -0.540. The first-order valence-electron chi connectivity index (χ1n) is 16.4. The van der Waals surface area contributed by atoms with Crippen LogP contribution in [0.1, 0.15) is 67.6 Å². The maximum atomic E-state index is 12.4. The number of nitrogens with zero attached hydrogens (tertiary/aromatic N) is 3.